The van der Waals surface area contributed by atoms with Crippen LogP contribution in [-0.2, 0) is 23.9 Å². The highest BCUT2D eigenvalue weighted by molar-refractivity contribution is 6.31. The van der Waals surface area contributed by atoms with E-state index < -0.39 is 40.7 Å². The van der Waals surface area contributed by atoms with Crippen LogP contribution in [0.5, 0.6) is 0 Å². The van der Waals surface area contributed by atoms with E-state index in [1.54, 1.807) is 36.5 Å². The number of rotatable bonds is 10. The number of hydrogen-bond acceptors (Lipinski definition) is 8. The van der Waals surface area contributed by atoms with Gasteiger partial charge in [0, 0.05) is 37.0 Å². The molecule has 0 bridgehead atoms. The molecule has 0 aliphatic carbocycles. The van der Waals surface area contributed by atoms with Gasteiger partial charge in [-0.2, -0.15) is 18.3 Å². The number of nitrogens with one attached hydrogen (secondary N) is 1. The second-order valence-corrected chi connectivity index (χ2v) is 11.8. The number of hydrazone groups is 1. The fourth-order valence-electron chi connectivity index (χ4n) is 5.28. The van der Waals surface area contributed by atoms with Crippen molar-refractivity contribution in [2.24, 2.45) is 10.8 Å². The smallest absolute Gasteiger partial charge is 0.417 e. The van der Waals surface area contributed by atoms with Gasteiger partial charge in [-0.3, -0.25) is 9.59 Å². The van der Waals surface area contributed by atoms with E-state index in [1.165, 1.54) is 16.8 Å². The van der Waals surface area contributed by atoms with Crippen molar-refractivity contribution in [3.8, 4) is 0 Å². The number of alkyl halides is 3. The number of aromatic nitrogens is 3. The van der Waals surface area contributed by atoms with Crippen molar-refractivity contribution in [2.75, 3.05) is 22.9 Å². The summed E-state index contributed by atoms with van der Waals surface area (Å²) in [6, 6.07) is 14.5. The fourth-order valence-corrected chi connectivity index (χ4v) is 5.51. The highest BCUT2D eigenvalue weighted by Gasteiger charge is 2.33. The zero-order valence-electron chi connectivity index (χ0n) is 26.0. The Hall–Kier alpha value is -5.28. The first kappa shape index (κ1) is 35.0. The lowest BCUT2D eigenvalue weighted by molar-refractivity contribution is -0.139. The molecule has 3 aromatic carbocycles. The zero-order valence-corrected chi connectivity index (χ0v) is 26.7. The van der Waals surface area contributed by atoms with E-state index in [1.807, 2.05) is 12.1 Å². The number of carboxylic acids is 1. The summed E-state index contributed by atoms with van der Waals surface area (Å²) < 4.78 is 41.4. The number of nitrogens with two attached hydrogens (primary N) is 1. The predicted molar refractivity (Wildman–Crippen MR) is 177 cm³/mol. The molecule has 256 valence electrons. The van der Waals surface area contributed by atoms with Crippen molar-refractivity contribution in [3.05, 3.63) is 106 Å². The second kappa shape index (κ2) is 15.3. The largest absolute Gasteiger partial charge is 0.480 e. The molecule has 4 aromatic rings. The Morgan fingerprint density at radius 3 is 2.49 bits per heavy atom. The summed E-state index contributed by atoms with van der Waals surface area (Å²) in [5.41, 5.74) is 9.15. The van der Waals surface area contributed by atoms with Gasteiger partial charge >= 0.3 is 18.2 Å². The van der Waals surface area contributed by atoms with Crippen molar-refractivity contribution >= 4 is 47.1 Å². The third-order valence-electron chi connectivity index (χ3n) is 7.76. The Labute approximate surface area is 283 Å². The van der Waals surface area contributed by atoms with Gasteiger partial charge in [0.15, 0.2) is 0 Å². The number of amides is 3. The molecule has 1 atom stereocenters. The molecule has 1 saturated heterocycles. The number of benzene rings is 3. The minimum Gasteiger partial charge on any atom is -0.480 e. The number of carbonyl (C=O) groups is 3. The van der Waals surface area contributed by atoms with Crippen molar-refractivity contribution < 1.29 is 32.7 Å². The molecule has 4 N–H and O–H groups in total. The number of halogens is 4. The van der Waals surface area contributed by atoms with Crippen molar-refractivity contribution in [1.29, 1.82) is 0 Å². The molecular weight excluding hydrogens is 665 g/mol. The van der Waals surface area contributed by atoms with Gasteiger partial charge < -0.3 is 15.7 Å². The molecule has 5 rings (SSSR count). The van der Waals surface area contributed by atoms with Crippen LogP contribution < -0.4 is 21.0 Å². The highest BCUT2D eigenvalue weighted by atomic mass is 35.5. The van der Waals surface area contributed by atoms with Crippen LogP contribution in [-0.4, -0.2) is 63.4 Å². The van der Waals surface area contributed by atoms with Crippen molar-refractivity contribution in [3.63, 3.8) is 0 Å². The molecule has 2 heterocycles. The van der Waals surface area contributed by atoms with Crippen LogP contribution in [0.15, 0.2) is 78.0 Å². The lowest BCUT2D eigenvalue weighted by atomic mass is 10.1. The first-order chi connectivity index (χ1) is 23.4. The summed E-state index contributed by atoms with van der Waals surface area (Å²) in [5, 5.41) is 20.4. The van der Waals surface area contributed by atoms with Gasteiger partial charge in [-0.05, 0) is 78.9 Å². The zero-order chi connectivity index (χ0) is 35.1. The van der Waals surface area contributed by atoms with Crippen LogP contribution in [0.1, 0.15) is 52.0 Å². The molecule has 12 nitrogen and oxygen atoms in total. The molecule has 16 heteroatoms. The number of piperidine rings is 1. The Bertz CT molecular complexity index is 1840. The number of urea groups is 1. The number of carboxylic acid groups (broad SMARTS) is 1. The second-order valence-electron chi connectivity index (χ2n) is 11.4. The molecule has 1 aromatic heterocycles. The maximum Gasteiger partial charge on any atom is 0.417 e. The van der Waals surface area contributed by atoms with Crippen LogP contribution in [0.2, 0.25) is 5.02 Å². The Morgan fingerprint density at radius 1 is 1.06 bits per heavy atom. The topological polar surface area (TPSA) is 159 Å². The predicted octanol–water partition coefficient (Wildman–Crippen LogP) is 5.33. The van der Waals surface area contributed by atoms with Gasteiger partial charge in [-0.1, -0.05) is 35.0 Å². The maximum absolute atomic E-state index is 14.0. The third kappa shape index (κ3) is 9.00. The van der Waals surface area contributed by atoms with Crippen LogP contribution in [0.4, 0.5) is 29.3 Å². The van der Waals surface area contributed by atoms with Crippen molar-refractivity contribution in [1.82, 2.24) is 20.4 Å². The minimum atomic E-state index is -4.69. The van der Waals surface area contributed by atoms with E-state index in [4.69, 9.17) is 22.4 Å². The van der Waals surface area contributed by atoms with Crippen LogP contribution in [0, 0.1) is 0 Å². The number of nitrogens with zero attached hydrogens (tertiary/aromatic N) is 6. The van der Waals surface area contributed by atoms with Gasteiger partial charge in [-0.25, -0.2) is 19.8 Å². The molecule has 1 fully saturated rings. The summed E-state index contributed by atoms with van der Waals surface area (Å²) in [4.78, 5) is 41.7. The highest BCUT2D eigenvalue weighted by Crippen LogP contribution is 2.35. The van der Waals surface area contributed by atoms with E-state index in [-0.39, 0.29) is 29.8 Å². The molecular formula is C33H32ClF3N8O4. The van der Waals surface area contributed by atoms with Gasteiger partial charge in [0.2, 0.25) is 0 Å². The standard InChI is InChI=1S/C33H32ClF3N8O4/c34-28-12-7-21(16-27(28)33(35,36)37)18-39-41-32(49)45(26-10-8-25(9-11-26)43-13-2-1-3-14-43)30(46)23-6-4-5-22(15-23)19-44-20-24(40-42-44)17-29(38)31(47)48/h4-12,15-16,18,20,29H,1-3,13-14,17,19,38H2,(H,41,49)(H,47,48). The van der Waals surface area contributed by atoms with E-state index in [0.717, 1.165) is 61.3 Å². The van der Waals surface area contributed by atoms with E-state index >= 15 is 0 Å². The average molecular weight is 697 g/mol. The molecule has 1 aliphatic heterocycles. The molecule has 49 heavy (non-hydrogen) atoms. The summed E-state index contributed by atoms with van der Waals surface area (Å²) >= 11 is 5.70. The lowest BCUT2D eigenvalue weighted by Crippen LogP contribution is -2.42. The lowest BCUT2D eigenvalue weighted by Gasteiger charge is -2.29. The molecule has 0 radical (unpaired) electrons. The number of carbonyl (C=O) groups excluding carboxylic acids is 2. The summed E-state index contributed by atoms with van der Waals surface area (Å²) in [6.45, 7) is 1.97. The molecule has 0 saturated carbocycles. The van der Waals surface area contributed by atoms with E-state index in [2.05, 4.69) is 25.7 Å². The molecule has 3 amide bonds. The van der Waals surface area contributed by atoms with Gasteiger partial charge in [0.25, 0.3) is 5.91 Å². The number of imide groups is 1. The van der Waals surface area contributed by atoms with Crippen molar-refractivity contribution in [2.45, 2.75) is 44.4 Å². The monoisotopic (exact) mass is 696 g/mol. The molecule has 1 aliphatic rings. The van der Waals surface area contributed by atoms with Crippen LogP contribution in [0.25, 0.3) is 0 Å². The van der Waals surface area contributed by atoms with E-state index in [0.29, 0.717) is 11.3 Å². The summed E-state index contributed by atoms with van der Waals surface area (Å²) in [5.74, 6) is -1.86. The SMILES string of the molecule is NC(Cc1cn(Cc2cccc(C(=O)N(C(=O)NN=Cc3ccc(Cl)c(C(F)(F)F)c3)c3ccc(N4CCCCC4)cc3)c2)nn1)C(=O)O. The first-order valence-electron chi connectivity index (χ1n) is 15.2. The van der Waals surface area contributed by atoms with Gasteiger partial charge in [0.1, 0.15) is 6.04 Å². The summed E-state index contributed by atoms with van der Waals surface area (Å²) in [7, 11) is 0. The van der Waals surface area contributed by atoms with Crippen LogP contribution >= 0.6 is 11.6 Å². The molecule has 1 unspecified atom stereocenters. The molecule has 0 spiro atoms. The summed E-state index contributed by atoms with van der Waals surface area (Å²) in [6.07, 6.45) is 1.14. The van der Waals surface area contributed by atoms with Crippen LogP contribution in [0.3, 0.4) is 0 Å². The quantitative estimate of drug-likeness (QED) is 0.148. The fraction of sp³-hybridized carbons (Fsp3) is 0.273. The number of aliphatic carboxylic acids is 1. The number of hydrogen-bond donors (Lipinski definition) is 3. The minimum absolute atomic E-state index is 0.0154. The first-order valence-corrected chi connectivity index (χ1v) is 15.6. The normalized spacial score (nSPS) is 14.1. The Kier molecular flexibility index (Phi) is 10.9. The van der Waals surface area contributed by atoms with Gasteiger partial charge in [-0.15, -0.1) is 5.10 Å². The van der Waals surface area contributed by atoms with E-state index in [9.17, 15) is 27.6 Å². The van der Waals surface area contributed by atoms with Gasteiger partial charge in [0.05, 0.1) is 34.7 Å². The Morgan fingerprint density at radius 2 is 1.80 bits per heavy atom. The number of anilines is 2. The Balaban J connectivity index is 1.38. The third-order valence-corrected chi connectivity index (χ3v) is 8.09. The maximum atomic E-state index is 14.0. The average Bonchev–Trinajstić information content (AvgIpc) is 3.52.